The summed E-state index contributed by atoms with van der Waals surface area (Å²) in [5.41, 5.74) is 0.221. The van der Waals surface area contributed by atoms with Gasteiger partial charge in [-0.1, -0.05) is 26.0 Å². The zero-order valence-corrected chi connectivity index (χ0v) is 12.6. The summed E-state index contributed by atoms with van der Waals surface area (Å²) in [6, 6.07) is 6.75. The lowest BCUT2D eigenvalue weighted by Gasteiger charge is -2.41. The molecule has 3 atom stereocenters. The van der Waals surface area contributed by atoms with Crippen molar-refractivity contribution in [1.82, 2.24) is 4.90 Å². The number of likely N-dealkylation sites (tertiary alicyclic amines) is 1. The summed E-state index contributed by atoms with van der Waals surface area (Å²) < 4.78 is 13.6. The molecule has 1 aliphatic heterocycles. The lowest BCUT2D eigenvalue weighted by atomic mass is 9.86. The van der Waals surface area contributed by atoms with Crippen molar-refractivity contribution in [1.29, 1.82) is 0 Å². The number of hydrogen-bond acceptors (Lipinski definition) is 2. The Morgan fingerprint density at radius 2 is 2.00 bits per heavy atom. The fourth-order valence-corrected chi connectivity index (χ4v) is 3.19. The van der Waals surface area contributed by atoms with Crippen LogP contribution in [0.1, 0.15) is 44.0 Å². The van der Waals surface area contributed by atoms with Gasteiger partial charge in [-0.3, -0.25) is 9.69 Å². The SMILES string of the molecule is CC1CC(C)C(C)N(CCC(=O)c2ccccc2F)C1. The van der Waals surface area contributed by atoms with Crippen LogP contribution in [0.3, 0.4) is 0 Å². The standard InChI is InChI=1S/C17H24FNO/c1-12-10-13(2)14(3)19(11-12)9-8-17(20)15-6-4-5-7-16(15)18/h4-7,12-14H,8-11H2,1-3H3. The van der Waals surface area contributed by atoms with Crippen LogP contribution >= 0.6 is 0 Å². The summed E-state index contributed by atoms with van der Waals surface area (Å²) in [7, 11) is 0. The maximum absolute atomic E-state index is 13.6. The van der Waals surface area contributed by atoms with E-state index in [1.165, 1.54) is 12.5 Å². The zero-order chi connectivity index (χ0) is 14.7. The second-order valence-corrected chi connectivity index (χ2v) is 6.21. The monoisotopic (exact) mass is 277 g/mol. The maximum Gasteiger partial charge on any atom is 0.167 e. The van der Waals surface area contributed by atoms with Gasteiger partial charge < -0.3 is 0 Å². The topological polar surface area (TPSA) is 20.3 Å². The number of benzene rings is 1. The number of Topliss-reactive ketones (excluding diaryl/α,β-unsaturated/α-hetero) is 1. The van der Waals surface area contributed by atoms with Crippen molar-refractivity contribution < 1.29 is 9.18 Å². The molecule has 3 heteroatoms. The first-order chi connectivity index (χ1) is 9.49. The summed E-state index contributed by atoms with van der Waals surface area (Å²) in [6.45, 7) is 8.52. The number of piperidine rings is 1. The Balaban J connectivity index is 1.95. The van der Waals surface area contributed by atoms with E-state index in [-0.39, 0.29) is 11.3 Å². The van der Waals surface area contributed by atoms with Crippen LogP contribution in [0.2, 0.25) is 0 Å². The average molecular weight is 277 g/mol. The molecule has 0 aromatic heterocycles. The Labute approximate surface area is 121 Å². The predicted molar refractivity (Wildman–Crippen MR) is 79.3 cm³/mol. The Kier molecular flexibility index (Phi) is 4.92. The number of halogens is 1. The molecule has 20 heavy (non-hydrogen) atoms. The molecular formula is C17H24FNO. The first kappa shape index (κ1) is 15.2. The van der Waals surface area contributed by atoms with Crippen LogP contribution in [-0.2, 0) is 0 Å². The fourth-order valence-electron chi connectivity index (χ4n) is 3.19. The number of hydrogen-bond donors (Lipinski definition) is 0. The Morgan fingerprint density at radius 1 is 1.30 bits per heavy atom. The highest BCUT2D eigenvalue weighted by molar-refractivity contribution is 5.96. The minimum absolute atomic E-state index is 0.0961. The van der Waals surface area contributed by atoms with Crippen molar-refractivity contribution in [3.05, 3.63) is 35.6 Å². The molecule has 110 valence electrons. The van der Waals surface area contributed by atoms with Gasteiger partial charge in [0.1, 0.15) is 5.82 Å². The van der Waals surface area contributed by atoms with Crippen molar-refractivity contribution in [2.75, 3.05) is 13.1 Å². The minimum atomic E-state index is -0.411. The highest BCUT2D eigenvalue weighted by Gasteiger charge is 2.28. The van der Waals surface area contributed by atoms with Crippen molar-refractivity contribution in [2.24, 2.45) is 11.8 Å². The van der Waals surface area contributed by atoms with Gasteiger partial charge in [0.25, 0.3) is 0 Å². The van der Waals surface area contributed by atoms with Crippen molar-refractivity contribution >= 4 is 5.78 Å². The van der Waals surface area contributed by atoms with Gasteiger partial charge in [-0.05, 0) is 37.3 Å². The van der Waals surface area contributed by atoms with Gasteiger partial charge in [0.2, 0.25) is 0 Å². The molecule has 2 nitrogen and oxygen atoms in total. The van der Waals surface area contributed by atoms with E-state index >= 15 is 0 Å². The number of nitrogens with zero attached hydrogens (tertiary/aromatic N) is 1. The van der Waals surface area contributed by atoms with Crippen LogP contribution in [0.25, 0.3) is 0 Å². The van der Waals surface area contributed by atoms with Crippen LogP contribution < -0.4 is 0 Å². The normalized spacial score (nSPS) is 27.5. The molecular weight excluding hydrogens is 253 g/mol. The summed E-state index contributed by atoms with van der Waals surface area (Å²) in [4.78, 5) is 14.5. The Bertz CT molecular complexity index is 474. The molecule has 1 fully saturated rings. The van der Waals surface area contributed by atoms with E-state index in [4.69, 9.17) is 0 Å². The quantitative estimate of drug-likeness (QED) is 0.781. The fraction of sp³-hybridized carbons (Fsp3) is 0.588. The smallest absolute Gasteiger partial charge is 0.167 e. The van der Waals surface area contributed by atoms with Crippen molar-refractivity contribution in [2.45, 2.75) is 39.7 Å². The second-order valence-electron chi connectivity index (χ2n) is 6.21. The van der Waals surface area contributed by atoms with E-state index in [9.17, 15) is 9.18 Å². The van der Waals surface area contributed by atoms with Crippen LogP contribution in [0.15, 0.2) is 24.3 Å². The lowest BCUT2D eigenvalue weighted by molar-refractivity contribution is 0.0719. The highest BCUT2D eigenvalue weighted by atomic mass is 19.1. The Hall–Kier alpha value is -1.22. The van der Waals surface area contributed by atoms with E-state index in [1.54, 1.807) is 18.2 Å². The molecule has 3 unspecified atom stereocenters. The van der Waals surface area contributed by atoms with Gasteiger partial charge in [-0.15, -0.1) is 0 Å². The highest BCUT2D eigenvalue weighted by Crippen LogP contribution is 2.27. The maximum atomic E-state index is 13.6. The molecule has 0 saturated carbocycles. The van der Waals surface area contributed by atoms with Crippen molar-refractivity contribution in [3.8, 4) is 0 Å². The Morgan fingerprint density at radius 3 is 2.70 bits per heavy atom. The predicted octanol–water partition coefficient (Wildman–Crippen LogP) is 3.76. The van der Waals surface area contributed by atoms with Gasteiger partial charge >= 0.3 is 0 Å². The molecule has 0 spiro atoms. The number of carbonyl (C=O) groups is 1. The van der Waals surface area contributed by atoms with Gasteiger partial charge in [0.05, 0.1) is 5.56 Å². The van der Waals surface area contributed by atoms with Crippen LogP contribution in [0.4, 0.5) is 4.39 Å². The van der Waals surface area contributed by atoms with E-state index < -0.39 is 5.82 Å². The molecule has 1 aromatic carbocycles. The van der Waals surface area contributed by atoms with E-state index in [0.29, 0.717) is 24.3 Å². The summed E-state index contributed by atoms with van der Waals surface area (Å²) in [5, 5.41) is 0. The molecule has 2 rings (SSSR count). The second kappa shape index (κ2) is 6.49. The molecule has 1 aliphatic rings. The van der Waals surface area contributed by atoms with Crippen LogP contribution in [0, 0.1) is 17.7 Å². The third kappa shape index (κ3) is 3.45. The van der Waals surface area contributed by atoms with Crippen LogP contribution in [0.5, 0.6) is 0 Å². The molecule has 0 amide bonds. The lowest BCUT2D eigenvalue weighted by Crippen LogP contribution is -2.46. The van der Waals surface area contributed by atoms with Gasteiger partial charge in [0.15, 0.2) is 5.78 Å². The average Bonchev–Trinajstić information content (AvgIpc) is 2.41. The molecule has 1 saturated heterocycles. The molecule has 0 N–H and O–H groups in total. The summed E-state index contributed by atoms with van der Waals surface area (Å²) in [6.07, 6.45) is 1.64. The molecule has 1 aromatic rings. The van der Waals surface area contributed by atoms with E-state index in [1.807, 2.05) is 0 Å². The molecule has 0 bridgehead atoms. The third-order valence-electron chi connectivity index (χ3n) is 4.52. The van der Waals surface area contributed by atoms with Gasteiger partial charge in [0, 0.05) is 25.6 Å². The van der Waals surface area contributed by atoms with Crippen molar-refractivity contribution in [3.63, 3.8) is 0 Å². The summed E-state index contributed by atoms with van der Waals surface area (Å²) in [5.74, 6) is 0.819. The van der Waals surface area contributed by atoms with Crippen LogP contribution in [-0.4, -0.2) is 29.8 Å². The zero-order valence-electron chi connectivity index (χ0n) is 12.6. The number of ketones is 1. The molecule has 1 heterocycles. The largest absolute Gasteiger partial charge is 0.300 e. The molecule has 0 aliphatic carbocycles. The number of carbonyl (C=O) groups excluding carboxylic acids is 1. The molecule has 0 radical (unpaired) electrons. The minimum Gasteiger partial charge on any atom is -0.300 e. The first-order valence-corrected chi connectivity index (χ1v) is 7.50. The summed E-state index contributed by atoms with van der Waals surface area (Å²) >= 11 is 0. The van der Waals surface area contributed by atoms with Gasteiger partial charge in [-0.2, -0.15) is 0 Å². The van der Waals surface area contributed by atoms with Gasteiger partial charge in [-0.25, -0.2) is 4.39 Å². The van der Waals surface area contributed by atoms with E-state index in [0.717, 1.165) is 13.1 Å². The first-order valence-electron chi connectivity index (χ1n) is 7.50. The van der Waals surface area contributed by atoms with E-state index in [2.05, 4.69) is 25.7 Å². The number of rotatable bonds is 4. The third-order valence-corrected chi connectivity index (χ3v) is 4.52.